The number of benzene rings is 1. The highest BCUT2D eigenvalue weighted by Crippen LogP contribution is 2.50. The number of ketones is 1. The van der Waals surface area contributed by atoms with Gasteiger partial charge in [-0.1, -0.05) is 6.07 Å². The largest absolute Gasteiger partial charge is 0.468 e. The lowest BCUT2D eigenvalue weighted by atomic mass is 9.70. The van der Waals surface area contributed by atoms with Crippen molar-refractivity contribution in [2.24, 2.45) is 0 Å². The van der Waals surface area contributed by atoms with Gasteiger partial charge >= 0.3 is 12.1 Å². The summed E-state index contributed by atoms with van der Waals surface area (Å²) in [6.45, 7) is 7.34. The van der Waals surface area contributed by atoms with E-state index in [1.807, 2.05) is 13.0 Å². The zero-order valence-electron chi connectivity index (χ0n) is 15.3. The fraction of sp³-hybridized carbons (Fsp3) is 0.526. The van der Waals surface area contributed by atoms with E-state index in [1.54, 1.807) is 26.8 Å². The smallest absolute Gasteiger partial charge is 0.414 e. The normalized spacial score (nSPS) is 21.8. The Morgan fingerprint density at radius 3 is 2.52 bits per heavy atom. The molecule has 0 spiro atoms. The maximum atomic E-state index is 12.7. The molecule has 0 bridgehead atoms. The molecule has 1 aromatic rings. The Bertz CT molecular complexity index is 777. The minimum atomic E-state index is -1.00. The number of hydrogen-bond acceptors (Lipinski definition) is 5. The van der Waals surface area contributed by atoms with Crippen LogP contribution in [0.15, 0.2) is 12.1 Å². The molecule has 0 radical (unpaired) electrons. The Kier molecular flexibility index (Phi) is 3.89. The number of hydrogen-bond donors (Lipinski definition) is 0. The van der Waals surface area contributed by atoms with Gasteiger partial charge in [0.05, 0.1) is 12.8 Å². The van der Waals surface area contributed by atoms with Crippen molar-refractivity contribution in [2.75, 3.05) is 18.6 Å². The van der Waals surface area contributed by atoms with Crippen LogP contribution < -0.4 is 4.90 Å². The highest BCUT2D eigenvalue weighted by molar-refractivity contribution is 6.09. The molecule has 1 aliphatic heterocycles. The zero-order chi connectivity index (χ0) is 18.6. The SMILES string of the molecule is COC(=O)C12CCC(=O)c3c(C)ccc(c31)N(C(=O)OC(C)(C)C)C2. The number of rotatable bonds is 1. The summed E-state index contributed by atoms with van der Waals surface area (Å²) in [6.07, 6.45) is 0.0687. The van der Waals surface area contributed by atoms with Crippen LogP contribution in [-0.2, 0) is 19.7 Å². The summed E-state index contributed by atoms with van der Waals surface area (Å²) >= 11 is 0. The van der Waals surface area contributed by atoms with E-state index in [2.05, 4.69) is 0 Å². The van der Waals surface area contributed by atoms with Crippen molar-refractivity contribution in [2.45, 2.75) is 51.6 Å². The van der Waals surface area contributed by atoms with E-state index in [9.17, 15) is 14.4 Å². The van der Waals surface area contributed by atoms with Crippen LogP contribution in [0.5, 0.6) is 0 Å². The Balaban J connectivity index is 2.18. The Labute approximate surface area is 147 Å². The number of amides is 1. The van der Waals surface area contributed by atoms with Gasteiger partial charge in [0, 0.05) is 24.1 Å². The second-order valence-corrected chi connectivity index (χ2v) is 7.71. The minimum Gasteiger partial charge on any atom is -0.468 e. The third-order valence-corrected chi connectivity index (χ3v) is 4.84. The Morgan fingerprint density at radius 1 is 1.24 bits per heavy atom. The molecule has 0 aromatic heterocycles. The molecule has 6 heteroatoms. The summed E-state index contributed by atoms with van der Waals surface area (Å²) in [5.41, 5.74) is 0.866. The molecule has 0 saturated heterocycles. The maximum absolute atomic E-state index is 12.7. The van der Waals surface area contributed by atoms with Crippen LogP contribution in [0.2, 0.25) is 0 Å². The van der Waals surface area contributed by atoms with Gasteiger partial charge in [-0.25, -0.2) is 4.79 Å². The number of Topliss-reactive ketones (excluding diaryl/α,β-unsaturated/α-hetero) is 1. The predicted molar refractivity (Wildman–Crippen MR) is 92.0 cm³/mol. The predicted octanol–water partition coefficient (Wildman–Crippen LogP) is 3.14. The first-order valence-corrected chi connectivity index (χ1v) is 8.37. The monoisotopic (exact) mass is 345 g/mol. The van der Waals surface area contributed by atoms with Crippen molar-refractivity contribution in [1.29, 1.82) is 0 Å². The first-order valence-electron chi connectivity index (χ1n) is 8.37. The molecule has 3 rings (SSSR count). The molecule has 6 nitrogen and oxygen atoms in total. The van der Waals surface area contributed by atoms with E-state index in [0.717, 1.165) is 5.56 Å². The van der Waals surface area contributed by atoms with Crippen molar-refractivity contribution in [1.82, 2.24) is 0 Å². The third kappa shape index (κ3) is 2.60. The van der Waals surface area contributed by atoms with E-state index < -0.39 is 23.1 Å². The van der Waals surface area contributed by atoms with Gasteiger partial charge in [-0.15, -0.1) is 0 Å². The van der Waals surface area contributed by atoms with Gasteiger partial charge < -0.3 is 9.47 Å². The second-order valence-electron chi connectivity index (χ2n) is 7.71. The van der Waals surface area contributed by atoms with Gasteiger partial charge in [0.2, 0.25) is 0 Å². The molecular formula is C19H23NO5. The van der Waals surface area contributed by atoms with Crippen molar-refractivity contribution in [3.63, 3.8) is 0 Å². The molecule has 1 unspecified atom stereocenters. The number of aryl methyl sites for hydroxylation is 1. The molecule has 2 aliphatic rings. The Morgan fingerprint density at radius 2 is 1.92 bits per heavy atom. The Hall–Kier alpha value is -2.37. The van der Waals surface area contributed by atoms with Crippen LogP contribution in [0.1, 0.15) is 55.1 Å². The van der Waals surface area contributed by atoms with Crippen LogP contribution in [0.4, 0.5) is 10.5 Å². The number of ether oxygens (including phenoxy) is 2. The molecule has 0 fully saturated rings. The molecular weight excluding hydrogens is 322 g/mol. The summed E-state index contributed by atoms with van der Waals surface area (Å²) in [7, 11) is 1.33. The van der Waals surface area contributed by atoms with Crippen LogP contribution in [0.25, 0.3) is 0 Å². The molecule has 1 aliphatic carbocycles. The summed E-state index contributed by atoms with van der Waals surface area (Å²) in [4.78, 5) is 39.3. The van der Waals surface area contributed by atoms with Crippen LogP contribution >= 0.6 is 0 Å². The summed E-state index contributed by atoms with van der Waals surface area (Å²) in [5, 5.41) is 0. The van der Waals surface area contributed by atoms with Gasteiger partial charge in [0.15, 0.2) is 5.78 Å². The van der Waals surface area contributed by atoms with Crippen LogP contribution in [0, 0.1) is 6.92 Å². The van der Waals surface area contributed by atoms with Gasteiger partial charge in [0.1, 0.15) is 11.0 Å². The second kappa shape index (κ2) is 5.58. The number of methoxy groups -OCH3 is 1. The highest BCUT2D eigenvalue weighted by atomic mass is 16.6. The van der Waals surface area contributed by atoms with Crippen LogP contribution in [0.3, 0.4) is 0 Å². The fourth-order valence-corrected chi connectivity index (χ4v) is 3.80. The lowest BCUT2D eigenvalue weighted by Crippen LogP contribution is -2.46. The summed E-state index contributed by atoms with van der Waals surface area (Å²) in [5.74, 6) is -0.418. The van der Waals surface area contributed by atoms with Crippen molar-refractivity contribution in [3.8, 4) is 0 Å². The summed E-state index contributed by atoms with van der Waals surface area (Å²) in [6, 6.07) is 3.59. The zero-order valence-corrected chi connectivity index (χ0v) is 15.3. The highest BCUT2D eigenvalue weighted by Gasteiger charge is 2.55. The number of anilines is 1. The molecule has 134 valence electrons. The lowest BCUT2D eigenvalue weighted by molar-refractivity contribution is -0.147. The topological polar surface area (TPSA) is 72.9 Å². The minimum absolute atomic E-state index is 0.0000770. The molecule has 1 aromatic carbocycles. The maximum Gasteiger partial charge on any atom is 0.414 e. The number of nitrogens with zero attached hydrogens (tertiary/aromatic N) is 1. The molecule has 1 amide bonds. The van der Waals surface area contributed by atoms with Crippen molar-refractivity contribution < 1.29 is 23.9 Å². The number of esters is 1. The van der Waals surface area contributed by atoms with E-state index in [1.165, 1.54) is 12.0 Å². The van der Waals surface area contributed by atoms with E-state index >= 15 is 0 Å². The molecule has 1 atom stereocenters. The van der Waals surface area contributed by atoms with Gasteiger partial charge in [-0.3, -0.25) is 14.5 Å². The van der Waals surface area contributed by atoms with Gasteiger partial charge in [-0.05, 0) is 45.7 Å². The standard InChI is InChI=1S/C19H23NO5/c1-11-6-7-12-15-14(11)13(21)8-9-19(15,16(22)24-5)10-20(12)17(23)25-18(2,3)4/h6-7H,8-10H2,1-5H3. The number of carbonyl (C=O) groups is 3. The average Bonchev–Trinajstić information content (AvgIpc) is 2.87. The average molecular weight is 345 g/mol. The van der Waals surface area contributed by atoms with Crippen molar-refractivity contribution >= 4 is 23.5 Å². The van der Waals surface area contributed by atoms with E-state index in [4.69, 9.17) is 9.47 Å². The molecule has 25 heavy (non-hydrogen) atoms. The molecule has 0 N–H and O–H groups in total. The molecule has 1 heterocycles. The fourth-order valence-electron chi connectivity index (χ4n) is 3.80. The van der Waals surface area contributed by atoms with Crippen molar-refractivity contribution in [3.05, 3.63) is 28.8 Å². The van der Waals surface area contributed by atoms with Gasteiger partial charge in [0.25, 0.3) is 0 Å². The number of carbonyl (C=O) groups excluding carboxylic acids is 3. The summed E-state index contributed by atoms with van der Waals surface area (Å²) < 4.78 is 10.5. The van der Waals surface area contributed by atoms with Gasteiger partial charge in [-0.2, -0.15) is 0 Å². The van der Waals surface area contributed by atoms with E-state index in [-0.39, 0.29) is 18.7 Å². The first-order chi connectivity index (χ1) is 11.6. The van der Waals surface area contributed by atoms with Crippen LogP contribution in [-0.4, -0.2) is 37.1 Å². The quantitative estimate of drug-likeness (QED) is 0.731. The molecule has 0 saturated carbocycles. The lowest BCUT2D eigenvalue weighted by Gasteiger charge is -2.32. The first kappa shape index (κ1) is 17.5. The third-order valence-electron chi connectivity index (χ3n) is 4.84. The van der Waals surface area contributed by atoms with E-state index in [0.29, 0.717) is 23.2 Å².